The second-order valence-electron chi connectivity index (χ2n) is 9.69. The van der Waals surface area contributed by atoms with Gasteiger partial charge in [0, 0.05) is 12.3 Å². The molecule has 2 unspecified atom stereocenters. The zero-order chi connectivity index (χ0) is 26.8. The number of aryl methyl sites for hydroxylation is 2. The number of benzene rings is 3. The summed E-state index contributed by atoms with van der Waals surface area (Å²) in [6.07, 6.45) is 0.998. The number of nitrogens with zero attached hydrogens (tertiary/aromatic N) is 1. The van der Waals surface area contributed by atoms with Gasteiger partial charge in [-0.15, -0.1) is 0 Å². The molecule has 1 N–H and O–H groups in total. The molecule has 2 aliphatic rings. The van der Waals surface area contributed by atoms with Crippen LogP contribution in [0.2, 0.25) is 0 Å². The molecule has 1 fully saturated rings. The fourth-order valence-electron chi connectivity index (χ4n) is 4.52. The number of carbonyl (C=O) groups excluding carboxylic acids is 3. The average Bonchev–Trinajstić information content (AvgIpc) is 3.50. The highest BCUT2D eigenvalue weighted by Crippen LogP contribution is 2.31. The first-order chi connectivity index (χ1) is 18.3. The molecule has 2 atom stereocenters. The van der Waals surface area contributed by atoms with E-state index in [9.17, 15) is 14.4 Å². The van der Waals surface area contributed by atoms with Gasteiger partial charge in [0.1, 0.15) is 17.2 Å². The van der Waals surface area contributed by atoms with Crippen molar-refractivity contribution >= 4 is 23.4 Å². The van der Waals surface area contributed by atoms with E-state index in [1.807, 2.05) is 32.0 Å². The standard InChI is InChI=1S/C30H30N2O6/c1-18-6-9-23(15-19(18)2)37-20(3)28(33)31-21-7-10-22(11-8-21)38-24-12-13-26-27(16-24)30(35)32(29(26)34)17-25-5-4-14-36-25/h6-13,15-16,20,25H,4-5,14,17H2,1-3H3,(H,31,33). The van der Waals surface area contributed by atoms with Crippen molar-refractivity contribution in [3.63, 3.8) is 0 Å². The van der Waals surface area contributed by atoms with E-state index in [2.05, 4.69) is 5.32 Å². The van der Waals surface area contributed by atoms with Crippen LogP contribution in [0.4, 0.5) is 5.69 Å². The van der Waals surface area contributed by atoms with Gasteiger partial charge < -0.3 is 19.5 Å². The van der Waals surface area contributed by atoms with E-state index in [4.69, 9.17) is 14.2 Å². The van der Waals surface area contributed by atoms with Crippen molar-refractivity contribution in [1.29, 1.82) is 0 Å². The largest absolute Gasteiger partial charge is 0.481 e. The molecule has 0 spiro atoms. The number of fused-ring (bicyclic) bond motifs is 1. The maximum atomic E-state index is 12.9. The maximum absolute atomic E-state index is 12.9. The lowest BCUT2D eigenvalue weighted by atomic mass is 10.1. The molecule has 0 aromatic heterocycles. The van der Waals surface area contributed by atoms with Gasteiger partial charge in [-0.2, -0.15) is 0 Å². The molecule has 5 rings (SSSR count). The lowest BCUT2D eigenvalue weighted by molar-refractivity contribution is -0.122. The average molecular weight is 515 g/mol. The molecular formula is C30H30N2O6. The molecule has 0 saturated carbocycles. The molecule has 2 heterocycles. The number of anilines is 1. The van der Waals surface area contributed by atoms with Crippen molar-refractivity contribution in [3.8, 4) is 17.2 Å². The van der Waals surface area contributed by atoms with Crippen LogP contribution < -0.4 is 14.8 Å². The molecule has 3 aromatic rings. The molecule has 2 aliphatic heterocycles. The Morgan fingerprint density at radius 1 is 0.947 bits per heavy atom. The summed E-state index contributed by atoms with van der Waals surface area (Å²) in [4.78, 5) is 39.5. The van der Waals surface area contributed by atoms with Crippen LogP contribution >= 0.6 is 0 Å². The fourth-order valence-corrected chi connectivity index (χ4v) is 4.52. The van der Waals surface area contributed by atoms with Crippen LogP contribution in [0, 0.1) is 13.8 Å². The first-order valence-corrected chi connectivity index (χ1v) is 12.7. The van der Waals surface area contributed by atoms with E-state index in [1.54, 1.807) is 49.4 Å². The Kier molecular flexibility index (Phi) is 7.15. The second-order valence-corrected chi connectivity index (χ2v) is 9.69. The van der Waals surface area contributed by atoms with Crippen LogP contribution in [0.3, 0.4) is 0 Å². The Morgan fingerprint density at radius 3 is 2.37 bits per heavy atom. The van der Waals surface area contributed by atoms with Crippen molar-refractivity contribution in [1.82, 2.24) is 4.90 Å². The van der Waals surface area contributed by atoms with Gasteiger partial charge >= 0.3 is 0 Å². The summed E-state index contributed by atoms with van der Waals surface area (Å²) in [6.45, 7) is 6.65. The number of rotatable bonds is 8. The third-order valence-electron chi connectivity index (χ3n) is 6.87. The first kappa shape index (κ1) is 25.5. The van der Waals surface area contributed by atoms with Crippen LogP contribution in [0.25, 0.3) is 0 Å². The molecule has 3 aromatic carbocycles. The Bertz CT molecular complexity index is 1380. The van der Waals surface area contributed by atoms with Crippen molar-refractivity contribution < 1.29 is 28.6 Å². The number of nitrogens with one attached hydrogen (secondary N) is 1. The molecule has 196 valence electrons. The zero-order valence-electron chi connectivity index (χ0n) is 21.7. The zero-order valence-corrected chi connectivity index (χ0v) is 21.7. The monoisotopic (exact) mass is 514 g/mol. The minimum Gasteiger partial charge on any atom is -0.481 e. The molecule has 3 amide bonds. The number of hydrogen-bond donors (Lipinski definition) is 1. The SMILES string of the molecule is Cc1ccc(OC(C)C(=O)Nc2ccc(Oc3ccc4c(c3)C(=O)N(CC3CCCO3)C4=O)cc2)cc1C. The minimum absolute atomic E-state index is 0.103. The Balaban J connectivity index is 1.19. The van der Waals surface area contributed by atoms with Crippen molar-refractivity contribution in [2.24, 2.45) is 0 Å². The minimum atomic E-state index is -0.681. The molecular weight excluding hydrogens is 484 g/mol. The summed E-state index contributed by atoms with van der Waals surface area (Å²) < 4.78 is 17.3. The predicted molar refractivity (Wildman–Crippen MR) is 142 cm³/mol. The first-order valence-electron chi connectivity index (χ1n) is 12.7. The summed E-state index contributed by atoms with van der Waals surface area (Å²) in [7, 11) is 0. The summed E-state index contributed by atoms with van der Waals surface area (Å²) in [6, 6.07) is 17.5. The molecule has 0 bridgehead atoms. The highest BCUT2D eigenvalue weighted by atomic mass is 16.5. The molecule has 1 saturated heterocycles. The van der Waals surface area contributed by atoms with Gasteiger partial charge in [0.15, 0.2) is 6.10 Å². The van der Waals surface area contributed by atoms with E-state index in [0.717, 1.165) is 24.0 Å². The van der Waals surface area contributed by atoms with E-state index in [0.29, 0.717) is 40.7 Å². The molecule has 0 aliphatic carbocycles. The van der Waals surface area contributed by atoms with E-state index < -0.39 is 6.10 Å². The van der Waals surface area contributed by atoms with Gasteiger partial charge in [-0.3, -0.25) is 19.3 Å². The predicted octanol–water partition coefficient (Wildman–Crippen LogP) is 5.28. The normalized spacial score (nSPS) is 17.3. The number of hydrogen-bond acceptors (Lipinski definition) is 6. The van der Waals surface area contributed by atoms with Crippen LogP contribution in [0.15, 0.2) is 60.7 Å². The third kappa shape index (κ3) is 5.40. The Morgan fingerprint density at radius 2 is 1.66 bits per heavy atom. The Hall–Kier alpha value is -4.17. The van der Waals surface area contributed by atoms with E-state index >= 15 is 0 Å². The molecule has 8 nitrogen and oxygen atoms in total. The van der Waals surface area contributed by atoms with Crippen molar-refractivity contribution in [2.75, 3.05) is 18.5 Å². The lowest BCUT2D eigenvalue weighted by Crippen LogP contribution is -2.36. The van der Waals surface area contributed by atoms with E-state index in [1.165, 1.54) is 4.90 Å². The summed E-state index contributed by atoms with van der Waals surface area (Å²) in [5.74, 6) is 0.700. The quantitative estimate of drug-likeness (QED) is 0.411. The van der Waals surface area contributed by atoms with Gasteiger partial charge in [0.05, 0.1) is 23.8 Å². The van der Waals surface area contributed by atoms with Gasteiger partial charge in [0.2, 0.25) is 0 Å². The number of carbonyl (C=O) groups is 3. The van der Waals surface area contributed by atoms with Crippen LogP contribution in [0.5, 0.6) is 17.2 Å². The number of amides is 3. The van der Waals surface area contributed by atoms with Gasteiger partial charge in [-0.05, 0) is 99.3 Å². The van der Waals surface area contributed by atoms with Crippen molar-refractivity contribution in [2.45, 2.75) is 45.8 Å². The highest BCUT2D eigenvalue weighted by molar-refractivity contribution is 6.21. The smallest absolute Gasteiger partial charge is 0.265 e. The van der Waals surface area contributed by atoms with Gasteiger partial charge in [-0.1, -0.05) is 6.07 Å². The highest BCUT2D eigenvalue weighted by Gasteiger charge is 2.37. The van der Waals surface area contributed by atoms with Crippen LogP contribution in [-0.2, 0) is 9.53 Å². The summed E-state index contributed by atoms with van der Waals surface area (Å²) in [5.41, 5.74) is 3.55. The third-order valence-corrected chi connectivity index (χ3v) is 6.87. The number of ether oxygens (including phenoxy) is 3. The van der Waals surface area contributed by atoms with Crippen molar-refractivity contribution in [3.05, 3.63) is 82.9 Å². The van der Waals surface area contributed by atoms with Gasteiger partial charge in [0.25, 0.3) is 17.7 Å². The van der Waals surface area contributed by atoms with Crippen LogP contribution in [0.1, 0.15) is 51.6 Å². The van der Waals surface area contributed by atoms with E-state index in [-0.39, 0.29) is 30.4 Å². The molecule has 38 heavy (non-hydrogen) atoms. The van der Waals surface area contributed by atoms with Crippen LogP contribution in [-0.4, -0.2) is 48.0 Å². The maximum Gasteiger partial charge on any atom is 0.265 e. The Labute approximate surface area is 221 Å². The second kappa shape index (κ2) is 10.7. The topological polar surface area (TPSA) is 94.2 Å². The van der Waals surface area contributed by atoms with Gasteiger partial charge in [-0.25, -0.2) is 0 Å². The fraction of sp³-hybridized carbons (Fsp3) is 0.300. The molecule has 8 heteroatoms. The number of imide groups is 1. The molecule has 0 radical (unpaired) electrons. The lowest BCUT2D eigenvalue weighted by Gasteiger charge is -2.17. The summed E-state index contributed by atoms with van der Waals surface area (Å²) >= 11 is 0. The summed E-state index contributed by atoms with van der Waals surface area (Å²) in [5, 5.41) is 2.84.